The van der Waals surface area contributed by atoms with Crippen molar-refractivity contribution in [2.45, 2.75) is 0 Å². The van der Waals surface area contributed by atoms with Gasteiger partial charge >= 0.3 is 5.97 Å². The van der Waals surface area contributed by atoms with Gasteiger partial charge in [-0.15, -0.1) is 0 Å². The third kappa shape index (κ3) is 3.56. The number of hydrogen-bond acceptors (Lipinski definition) is 3. The lowest BCUT2D eigenvalue weighted by Crippen LogP contribution is -1.93. The topological polar surface area (TPSA) is 43.4 Å². The Labute approximate surface area is 92.3 Å². The zero-order valence-corrected chi connectivity index (χ0v) is 8.82. The second-order valence-electron chi connectivity index (χ2n) is 2.79. The molecule has 0 N–H and O–H groups in total. The summed E-state index contributed by atoms with van der Waals surface area (Å²) in [5.41, 5.74) is 1.14. The molecule has 0 amide bonds. The zero-order valence-electron chi connectivity index (χ0n) is 8.07. The molecule has 0 heterocycles. The molecule has 0 radical (unpaired) electrons. The fraction of sp³-hybridized carbons (Fsp3) is 0.0909. The van der Waals surface area contributed by atoms with Crippen LogP contribution in [0.3, 0.4) is 0 Å². The predicted octanol–water partition coefficient (Wildman–Crippen LogP) is 2.34. The number of carbonyl (C=O) groups is 2. The molecule has 1 rings (SSSR count). The summed E-state index contributed by atoms with van der Waals surface area (Å²) in [6.07, 6.45) is 3.49. The summed E-state index contributed by atoms with van der Waals surface area (Å²) in [5, 5.41) is 0.448. The smallest absolute Gasteiger partial charge is 0.330 e. The van der Waals surface area contributed by atoms with Crippen molar-refractivity contribution in [3.63, 3.8) is 0 Å². The van der Waals surface area contributed by atoms with Crippen molar-refractivity contribution in [2.24, 2.45) is 0 Å². The van der Waals surface area contributed by atoms with Crippen molar-refractivity contribution in [3.05, 3.63) is 40.4 Å². The third-order valence-electron chi connectivity index (χ3n) is 1.69. The molecule has 0 aromatic heterocycles. The van der Waals surface area contributed by atoms with E-state index < -0.39 is 5.97 Å². The molecule has 78 valence electrons. The number of rotatable bonds is 3. The van der Waals surface area contributed by atoms with Crippen LogP contribution in [0, 0.1) is 0 Å². The summed E-state index contributed by atoms with van der Waals surface area (Å²) in [4.78, 5) is 21.3. The highest BCUT2D eigenvalue weighted by Crippen LogP contribution is 2.15. The van der Waals surface area contributed by atoms with Gasteiger partial charge in [-0.05, 0) is 29.8 Å². The van der Waals surface area contributed by atoms with Gasteiger partial charge in [0.15, 0.2) is 0 Å². The number of ether oxygens (including phenoxy) is 1. The summed E-state index contributed by atoms with van der Waals surface area (Å²) in [7, 11) is 1.29. The Hall–Kier alpha value is -1.61. The Kier molecular flexibility index (Phi) is 4.06. The van der Waals surface area contributed by atoms with Gasteiger partial charge in [0.05, 0.1) is 7.11 Å². The number of aldehydes is 1. The minimum atomic E-state index is -0.456. The van der Waals surface area contributed by atoms with Crippen LogP contribution >= 0.6 is 11.6 Å². The van der Waals surface area contributed by atoms with Gasteiger partial charge in [0, 0.05) is 16.7 Å². The first-order chi connectivity index (χ1) is 7.15. The highest BCUT2D eigenvalue weighted by Gasteiger charge is 1.97. The first-order valence-electron chi connectivity index (χ1n) is 4.17. The normalized spacial score (nSPS) is 10.3. The minimum Gasteiger partial charge on any atom is -0.466 e. The van der Waals surface area contributed by atoms with E-state index in [-0.39, 0.29) is 0 Å². The molecule has 0 saturated heterocycles. The predicted molar refractivity (Wildman–Crippen MR) is 57.9 cm³/mol. The van der Waals surface area contributed by atoms with Gasteiger partial charge in [-0.2, -0.15) is 0 Å². The van der Waals surface area contributed by atoms with Gasteiger partial charge in [-0.1, -0.05) is 11.6 Å². The summed E-state index contributed by atoms with van der Waals surface area (Å²) >= 11 is 5.77. The van der Waals surface area contributed by atoms with E-state index in [9.17, 15) is 9.59 Å². The first-order valence-corrected chi connectivity index (χ1v) is 4.55. The largest absolute Gasteiger partial charge is 0.466 e. The molecule has 0 saturated carbocycles. The van der Waals surface area contributed by atoms with Crippen molar-refractivity contribution in [1.29, 1.82) is 0 Å². The van der Waals surface area contributed by atoms with E-state index in [4.69, 9.17) is 11.6 Å². The Morgan fingerprint density at radius 3 is 2.60 bits per heavy atom. The van der Waals surface area contributed by atoms with Crippen LogP contribution in [0.4, 0.5) is 0 Å². The Morgan fingerprint density at radius 2 is 2.00 bits per heavy atom. The zero-order chi connectivity index (χ0) is 11.3. The standard InChI is InChI=1S/C11H9ClO3/c1-15-11(14)3-2-8-4-9(7-13)6-10(12)5-8/h2-7H,1H3. The third-order valence-corrected chi connectivity index (χ3v) is 1.91. The second-order valence-corrected chi connectivity index (χ2v) is 3.23. The number of halogens is 1. The summed E-state index contributed by atoms with van der Waals surface area (Å²) < 4.78 is 4.43. The van der Waals surface area contributed by atoms with E-state index in [0.717, 1.165) is 0 Å². The second kappa shape index (κ2) is 5.32. The van der Waals surface area contributed by atoms with Crippen molar-refractivity contribution >= 4 is 29.9 Å². The molecular formula is C11H9ClO3. The molecule has 1 aromatic rings. The molecule has 0 aliphatic carbocycles. The summed E-state index contributed by atoms with van der Waals surface area (Å²) in [5.74, 6) is -0.456. The van der Waals surface area contributed by atoms with E-state index >= 15 is 0 Å². The van der Waals surface area contributed by atoms with Gasteiger partial charge in [0.2, 0.25) is 0 Å². The molecule has 0 unspecified atom stereocenters. The molecule has 3 nitrogen and oxygen atoms in total. The van der Waals surface area contributed by atoms with Crippen LogP contribution < -0.4 is 0 Å². The van der Waals surface area contributed by atoms with Crippen LogP contribution in [-0.2, 0) is 9.53 Å². The maximum absolute atomic E-state index is 10.8. The Balaban J connectivity index is 2.94. The molecule has 0 bridgehead atoms. The van der Waals surface area contributed by atoms with Gasteiger partial charge in [-0.3, -0.25) is 4.79 Å². The molecule has 1 aromatic carbocycles. The fourth-order valence-electron chi connectivity index (χ4n) is 1.03. The molecule has 15 heavy (non-hydrogen) atoms. The van der Waals surface area contributed by atoms with E-state index in [1.807, 2.05) is 0 Å². The maximum atomic E-state index is 10.8. The van der Waals surface area contributed by atoms with Gasteiger partial charge in [0.1, 0.15) is 6.29 Å². The van der Waals surface area contributed by atoms with Gasteiger partial charge < -0.3 is 4.74 Å². The van der Waals surface area contributed by atoms with Crippen molar-refractivity contribution in [3.8, 4) is 0 Å². The van der Waals surface area contributed by atoms with Gasteiger partial charge in [0.25, 0.3) is 0 Å². The minimum absolute atomic E-state index is 0.448. The Bertz CT molecular complexity index is 410. The SMILES string of the molecule is COC(=O)C=Cc1cc(Cl)cc(C=O)c1. The molecule has 0 aliphatic heterocycles. The molecule has 0 spiro atoms. The average molecular weight is 225 g/mol. The quantitative estimate of drug-likeness (QED) is 0.450. The van der Waals surface area contributed by atoms with Crippen LogP contribution in [-0.4, -0.2) is 19.4 Å². The van der Waals surface area contributed by atoms with Crippen LogP contribution in [0.15, 0.2) is 24.3 Å². The monoisotopic (exact) mass is 224 g/mol. The number of methoxy groups -OCH3 is 1. The van der Waals surface area contributed by atoms with E-state index in [0.29, 0.717) is 22.4 Å². The molecule has 4 heteroatoms. The lowest BCUT2D eigenvalue weighted by molar-refractivity contribution is -0.134. The highest BCUT2D eigenvalue weighted by molar-refractivity contribution is 6.31. The molecule has 0 aliphatic rings. The molecular weight excluding hydrogens is 216 g/mol. The first kappa shape index (κ1) is 11.5. The lowest BCUT2D eigenvalue weighted by Gasteiger charge is -1.97. The number of hydrogen-bond donors (Lipinski definition) is 0. The molecule has 0 fully saturated rings. The van der Waals surface area contributed by atoms with Crippen LogP contribution in [0.2, 0.25) is 5.02 Å². The van der Waals surface area contributed by atoms with Crippen LogP contribution in [0.25, 0.3) is 6.08 Å². The van der Waals surface area contributed by atoms with Crippen LogP contribution in [0.5, 0.6) is 0 Å². The van der Waals surface area contributed by atoms with Crippen molar-refractivity contribution < 1.29 is 14.3 Å². The van der Waals surface area contributed by atoms with Crippen molar-refractivity contribution in [1.82, 2.24) is 0 Å². The molecule has 0 atom stereocenters. The number of carbonyl (C=O) groups excluding carboxylic acids is 2. The lowest BCUT2D eigenvalue weighted by atomic mass is 10.1. The highest BCUT2D eigenvalue weighted by atomic mass is 35.5. The maximum Gasteiger partial charge on any atom is 0.330 e. The number of benzene rings is 1. The average Bonchev–Trinajstić information content (AvgIpc) is 2.25. The van der Waals surface area contributed by atoms with E-state index in [2.05, 4.69) is 4.74 Å². The summed E-state index contributed by atoms with van der Waals surface area (Å²) in [6.45, 7) is 0. The Morgan fingerprint density at radius 1 is 1.33 bits per heavy atom. The van der Waals surface area contributed by atoms with E-state index in [1.54, 1.807) is 18.2 Å². The summed E-state index contributed by atoms with van der Waals surface area (Å²) in [6, 6.07) is 4.82. The van der Waals surface area contributed by atoms with Crippen molar-refractivity contribution in [2.75, 3.05) is 7.11 Å². The van der Waals surface area contributed by atoms with Crippen LogP contribution in [0.1, 0.15) is 15.9 Å². The fourth-order valence-corrected chi connectivity index (χ4v) is 1.28. The van der Waals surface area contributed by atoms with E-state index in [1.165, 1.54) is 19.3 Å². The van der Waals surface area contributed by atoms with Gasteiger partial charge in [-0.25, -0.2) is 4.79 Å². The number of esters is 1.